The molecule has 0 spiro atoms. The summed E-state index contributed by atoms with van der Waals surface area (Å²) in [7, 11) is 0. The van der Waals surface area contributed by atoms with Crippen LogP contribution in [-0.4, -0.2) is 33.0 Å². The minimum atomic E-state index is 0.775. The van der Waals surface area contributed by atoms with Crippen molar-refractivity contribution in [3.63, 3.8) is 0 Å². The second kappa shape index (κ2) is 15.3. The predicted molar refractivity (Wildman–Crippen MR) is 162 cm³/mol. The van der Waals surface area contributed by atoms with Crippen molar-refractivity contribution in [2.75, 3.05) is 13.1 Å². The summed E-state index contributed by atoms with van der Waals surface area (Å²) in [6, 6.07) is 15.7. The van der Waals surface area contributed by atoms with Gasteiger partial charge in [0.1, 0.15) is 11.6 Å². The van der Waals surface area contributed by atoms with Gasteiger partial charge in [-0.2, -0.15) is 0 Å². The van der Waals surface area contributed by atoms with Gasteiger partial charge in [0, 0.05) is 12.1 Å². The highest BCUT2D eigenvalue weighted by atomic mass is 15.0. The topological polar surface area (TPSA) is 81.4 Å². The summed E-state index contributed by atoms with van der Waals surface area (Å²) in [5.74, 6) is 2.04. The molecule has 4 aromatic rings. The van der Waals surface area contributed by atoms with E-state index in [2.05, 4.69) is 108 Å². The van der Waals surface area contributed by atoms with Crippen LogP contribution in [0.15, 0.2) is 48.7 Å². The fraction of sp³-hybridized carbons (Fsp3) is 0.333. The molecule has 0 radical (unpaired) electrons. The molecule has 39 heavy (non-hydrogen) atoms. The highest BCUT2D eigenvalue weighted by molar-refractivity contribution is 5.69. The van der Waals surface area contributed by atoms with Crippen molar-refractivity contribution in [3.05, 3.63) is 82.8 Å². The van der Waals surface area contributed by atoms with E-state index < -0.39 is 0 Å². The monoisotopic (exact) mass is 520 g/mol. The number of aryl methyl sites for hydroxylation is 2. The van der Waals surface area contributed by atoms with Gasteiger partial charge in [0.25, 0.3) is 0 Å². The van der Waals surface area contributed by atoms with Gasteiger partial charge in [-0.3, -0.25) is 0 Å². The zero-order valence-electron chi connectivity index (χ0n) is 23.2. The molecule has 1 aliphatic carbocycles. The van der Waals surface area contributed by atoms with Gasteiger partial charge in [-0.05, 0) is 66.6 Å². The van der Waals surface area contributed by atoms with E-state index in [-0.39, 0.29) is 0 Å². The second-order valence-electron chi connectivity index (χ2n) is 9.44. The first-order chi connectivity index (χ1) is 19.2. The van der Waals surface area contributed by atoms with Crippen molar-refractivity contribution in [3.8, 4) is 48.1 Å². The van der Waals surface area contributed by atoms with Crippen LogP contribution in [0.5, 0.6) is 0 Å². The quantitative estimate of drug-likeness (QED) is 0.161. The third kappa shape index (κ3) is 7.71. The number of hydrogen-bond acceptors (Lipinski definition) is 4. The zero-order chi connectivity index (χ0) is 28.0. The minimum absolute atomic E-state index is 0.775. The molecule has 6 nitrogen and oxygen atoms in total. The van der Waals surface area contributed by atoms with E-state index in [1.54, 1.807) is 0 Å². The summed E-state index contributed by atoms with van der Waals surface area (Å²) in [6.07, 6.45) is 23.1. The van der Waals surface area contributed by atoms with E-state index >= 15 is 0 Å². The number of benzene rings is 2. The number of terminal acetylenes is 2. The highest BCUT2D eigenvalue weighted by Crippen LogP contribution is 2.29. The standard InChI is InChI=1S/C29H36N6.2C2H2/c1-3-13-30-18-28-32-17-27(35-28)21-7-5-20(6-8-21)22-9-10-24-16-26-25(12-11-23(24)15-22)33-29(34-26)19-31-14-4-2;2*1-2/h5-10,15,17,30-31H,3-4,11-14,16,18-19H2,1-2H3,(H,32,35)(H,33,34);2*1-2H. The summed E-state index contributed by atoms with van der Waals surface area (Å²) in [4.78, 5) is 16.4. The first-order valence-corrected chi connectivity index (χ1v) is 13.6. The zero-order valence-corrected chi connectivity index (χ0v) is 23.2. The van der Waals surface area contributed by atoms with Crippen LogP contribution in [0.3, 0.4) is 0 Å². The average Bonchev–Trinajstić information content (AvgIpc) is 3.58. The Morgan fingerprint density at radius 3 is 2.08 bits per heavy atom. The van der Waals surface area contributed by atoms with Gasteiger partial charge in [0.05, 0.1) is 30.7 Å². The van der Waals surface area contributed by atoms with Crippen LogP contribution in [-0.2, 0) is 32.4 Å². The van der Waals surface area contributed by atoms with E-state index in [4.69, 9.17) is 4.98 Å². The predicted octanol–water partition coefficient (Wildman–Crippen LogP) is 5.65. The molecule has 0 saturated carbocycles. The fourth-order valence-electron chi connectivity index (χ4n) is 4.80. The van der Waals surface area contributed by atoms with Crippen molar-refractivity contribution >= 4 is 0 Å². The Morgan fingerprint density at radius 2 is 1.38 bits per heavy atom. The van der Waals surface area contributed by atoms with Crippen molar-refractivity contribution in [1.82, 2.24) is 30.6 Å². The van der Waals surface area contributed by atoms with Crippen LogP contribution in [0.4, 0.5) is 0 Å². The molecule has 1 aliphatic rings. The Balaban J connectivity index is 0.00000100. The Labute approximate surface area is 233 Å². The van der Waals surface area contributed by atoms with E-state index in [9.17, 15) is 0 Å². The Bertz CT molecular complexity index is 1330. The molecule has 6 heteroatoms. The maximum atomic E-state index is 4.88. The number of imidazole rings is 2. The molecule has 5 rings (SSSR count). The molecule has 0 saturated heterocycles. The summed E-state index contributed by atoms with van der Waals surface area (Å²) in [6.45, 7) is 7.98. The normalized spacial score (nSPS) is 11.6. The number of nitrogens with one attached hydrogen (secondary N) is 4. The molecule has 4 N–H and O–H groups in total. The van der Waals surface area contributed by atoms with Gasteiger partial charge >= 0.3 is 0 Å². The van der Waals surface area contributed by atoms with Gasteiger partial charge in [-0.1, -0.05) is 56.3 Å². The maximum absolute atomic E-state index is 4.88. The van der Waals surface area contributed by atoms with E-state index in [1.165, 1.54) is 33.6 Å². The van der Waals surface area contributed by atoms with Gasteiger partial charge in [-0.25, -0.2) is 9.97 Å². The summed E-state index contributed by atoms with van der Waals surface area (Å²) in [5, 5.41) is 6.84. The molecular weight excluding hydrogens is 480 g/mol. The van der Waals surface area contributed by atoms with Gasteiger partial charge < -0.3 is 20.6 Å². The van der Waals surface area contributed by atoms with E-state index in [1.807, 2.05) is 6.20 Å². The molecule has 0 bridgehead atoms. The largest absolute Gasteiger partial charge is 0.344 e. The number of nitrogens with zero attached hydrogens (tertiary/aromatic N) is 2. The first kappa shape index (κ1) is 29.5. The van der Waals surface area contributed by atoms with Gasteiger partial charge in [0.15, 0.2) is 0 Å². The van der Waals surface area contributed by atoms with Crippen molar-refractivity contribution in [2.45, 2.75) is 59.0 Å². The number of rotatable bonds is 10. The smallest absolute Gasteiger partial charge is 0.120 e. The fourth-order valence-corrected chi connectivity index (χ4v) is 4.80. The SMILES string of the molecule is C#C.C#C.CCCNCc1ncc(-c2ccc(-c3ccc4c(c3)CCc3nc(CNCCC)[nH]c3C4)cc2)[nH]1. The third-order valence-corrected chi connectivity index (χ3v) is 6.71. The number of aromatic nitrogens is 4. The lowest BCUT2D eigenvalue weighted by Crippen LogP contribution is -2.14. The number of fused-ring (bicyclic) bond motifs is 2. The van der Waals surface area contributed by atoms with Crippen LogP contribution in [0.1, 0.15) is 60.9 Å². The minimum Gasteiger partial charge on any atom is -0.344 e. The number of hydrogen-bond donors (Lipinski definition) is 4. The molecular formula is C33H40N6. The van der Waals surface area contributed by atoms with Crippen LogP contribution in [0, 0.1) is 25.7 Å². The lowest BCUT2D eigenvalue weighted by molar-refractivity contribution is 0.653. The molecule has 2 heterocycles. The molecule has 202 valence electrons. The van der Waals surface area contributed by atoms with Crippen LogP contribution >= 0.6 is 0 Å². The van der Waals surface area contributed by atoms with E-state index in [0.29, 0.717) is 0 Å². The van der Waals surface area contributed by atoms with E-state index in [0.717, 1.165) is 81.2 Å². The molecule has 0 fully saturated rings. The molecule has 2 aromatic carbocycles. The highest BCUT2D eigenvalue weighted by Gasteiger charge is 2.18. The van der Waals surface area contributed by atoms with Crippen LogP contribution in [0.2, 0.25) is 0 Å². The Kier molecular flexibility index (Phi) is 11.6. The summed E-state index contributed by atoms with van der Waals surface area (Å²) < 4.78 is 0. The molecule has 0 aliphatic heterocycles. The Hall–Kier alpha value is -4.10. The molecule has 2 aromatic heterocycles. The number of aromatic amines is 2. The summed E-state index contributed by atoms with van der Waals surface area (Å²) in [5.41, 5.74) is 10.1. The van der Waals surface area contributed by atoms with Crippen molar-refractivity contribution in [2.24, 2.45) is 0 Å². The first-order valence-electron chi connectivity index (χ1n) is 13.6. The van der Waals surface area contributed by atoms with Crippen molar-refractivity contribution in [1.29, 1.82) is 0 Å². The molecule has 0 amide bonds. The molecule has 0 unspecified atom stereocenters. The lowest BCUT2D eigenvalue weighted by Gasteiger charge is -2.10. The van der Waals surface area contributed by atoms with Crippen LogP contribution < -0.4 is 10.6 Å². The average molecular weight is 521 g/mol. The van der Waals surface area contributed by atoms with Crippen molar-refractivity contribution < 1.29 is 0 Å². The van der Waals surface area contributed by atoms with Gasteiger partial charge in [0.2, 0.25) is 0 Å². The van der Waals surface area contributed by atoms with Gasteiger partial charge in [-0.15, -0.1) is 25.7 Å². The lowest BCUT2D eigenvalue weighted by atomic mass is 9.95. The maximum Gasteiger partial charge on any atom is 0.120 e. The second-order valence-corrected chi connectivity index (χ2v) is 9.44. The Morgan fingerprint density at radius 1 is 0.744 bits per heavy atom. The molecule has 0 atom stereocenters. The summed E-state index contributed by atoms with van der Waals surface area (Å²) >= 11 is 0. The van der Waals surface area contributed by atoms with Crippen LogP contribution in [0.25, 0.3) is 22.4 Å². The third-order valence-electron chi connectivity index (χ3n) is 6.71. The number of H-pyrrole nitrogens is 2.